The first kappa shape index (κ1) is 8.12. The summed E-state index contributed by atoms with van der Waals surface area (Å²) < 4.78 is 0. The van der Waals surface area contributed by atoms with Crippen LogP contribution in [0.15, 0.2) is 37.1 Å². The monoisotopic (exact) mass is 149 g/mol. The summed E-state index contributed by atoms with van der Waals surface area (Å²) in [5, 5.41) is 0. The average molecular weight is 149 g/mol. The minimum atomic E-state index is 1.22. The van der Waals surface area contributed by atoms with Gasteiger partial charge in [-0.2, -0.15) is 0 Å². The number of allylic oxidation sites excluding steroid dienone is 4. The molecule has 0 atom stereocenters. The molecule has 0 aliphatic carbocycles. The summed E-state index contributed by atoms with van der Waals surface area (Å²) >= 11 is 0. The van der Waals surface area contributed by atoms with E-state index in [0.717, 1.165) is 0 Å². The van der Waals surface area contributed by atoms with E-state index < -0.39 is 0 Å². The van der Waals surface area contributed by atoms with Gasteiger partial charge in [0.1, 0.15) is 0 Å². The van der Waals surface area contributed by atoms with Crippen molar-refractivity contribution in [3.8, 4) is 0 Å². The fourth-order valence-electron chi connectivity index (χ4n) is 1.20. The molecule has 0 amide bonds. The molecule has 11 heavy (non-hydrogen) atoms. The van der Waals surface area contributed by atoms with E-state index in [4.69, 9.17) is 0 Å². The van der Waals surface area contributed by atoms with Gasteiger partial charge < -0.3 is 4.90 Å². The van der Waals surface area contributed by atoms with Gasteiger partial charge in [-0.25, -0.2) is 0 Å². The van der Waals surface area contributed by atoms with E-state index in [1.165, 1.54) is 25.9 Å². The van der Waals surface area contributed by atoms with Crippen molar-refractivity contribution in [1.29, 1.82) is 0 Å². The van der Waals surface area contributed by atoms with Crippen LogP contribution in [0.4, 0.5) is 0 Å². The lowest BCUT2D eigenvalue weighted by Crippen LogP contribution is -2.09. The second-order valence-electron chi connectivity index (χ2n) is 2.71. The number of hydrogen-bond donors (Lipinski definition) is 0. The summed E-state index contributed by atoms with van der Waals surface area (Å²) in [6.45, 7) is 6.04. The normalized spacial score (nSPS) is 18.7. The van der Waals surface area contributed by atoms with Gasteiger partial charge in [0.2, 0.25) is 0 Å². The second kappa shape index (κ2) is 4.78. The molecular formula is C10H15N. The second-order valence-corrected chi connectivity index (χ2v) is 2.71. The maximum atomic E-state index is 3.60. The zero-order chi connectivity index (χ0) is 7.94. The molecule has 1 aliphatic heterocycles. The lowest BCUT2D eigenvalue weighted by molar-refractivity contribution is 0.468. The largest absolute Gasteiger partial charge is 0.377 e. The van der Waals surface area contributed by atoms with Crippen LogP contribution in [0.25, 0.3) is 0 Å². The predicted octanol–water partition coefficient (Wildman–Crippen LogP) is 2.34. The van der Waals surface area contributed by atoms with E-state index in [0.29, 0.717) is 0 Å². The topological polar surface area (TPSA) is 3.24 Å². The van der Waals surface area contributed by atoms with Crippen LogP contribution in [0.3, 0.4) is 0 Å². The molecule has 0 radical (unpaired) electrons. The quantitative estimate of drug-likeness (QED) is 0.557. The molecule has 0 unspecified atom stereocenters. The summed E-state index contributed by atoms with van der Waals surface area (Å²) in [4.78, 5) is 2.34. The van der Waals surface area contributed by atoms with E-state index in [9.17, 15) is 0 Å². The number of hydrogen-bond acceptors (Lipinski definition) is 1. The van der Waals surface area contributed by atoms with Crippen LogP contribution in [0.1, 0.15) is 12.8 Å². The van der Waals surface area contributed by atoms with Crippen LogP contribution in [0.5, 0.6) is 0 Å². The van der Waals surface area contributed by atoms with Gasteiger partial charge in [0.05, 0.1) is 0 Å². The minimum Gasteiger partial charge on any atom is -0.377 e. The Bertz CT molecular complexity index is 162. The fraction of sp³-hybridized carbons (Fsp3) is 0.400. The molecule has 0 aromatic heterocycles. The Balaban J connectivity index is 2.22. The van der Waals surface area contributed by atoms with Gasteiger partial charge in [-0.05, 0) is 25.1 Å². The summed E-state index contributed by atoms with van der Waals surface area (Å²) in [5.74, 6) is 0. The smallest absolute Gasteiger partial charge is 0.0173 e. The Labute approximate surface area is 68.7 Å². The van der Waals surface area contributed by atoms with E-state index in [2.05, 4.69) is 23.8 Å². The maximum Gasteiger partial charge on any atom is 0.0173 e. The molecule has 1 fully saturated rings. The molecule has 0 N–H and O–H groups in total. The van der Waals surface area contributed by atoms with Gasteiger partial charge in [-0.15, -0.1) is 0 Å². The Hall–Kier alpha value is -0.980. The van der Waals surface area contributed by atoms with E-state index in [1.54, 1.807) is 6.08 Å². The van der Waals surface area contributed by atoms with Crippen LogP contribution in [-0.4, -0.2) is 18.0 Å². The Morgan fingerprint density at radius 2 is 1.73 bits per heavy atom. The SMILES string of the molecule is C=C/C=C/C=C/N1CCCC1. The molecule has 1 saturated heterocycles. The Morgan fingerprint density at radius 1 is 1.00 bits per heavy atom. The first-order valence-electron chi connectivity index (χ1n) is 4.13. The third-order valence-corrected chi connectivity index (χ3v) is 1.80. The third-order valence-electron chi connectivity index (χ3n) is 1.80. The van der Waals surface area contributed by atoms with Crippen molar-refractivity contribution < 1.29 is 0 Å². The summed E-state index contributed by atoms with van der Waals surface area (Å²) in [5.41, 5.74) is 0. The van der Waals surface area contributed by atoms with Crippen LogP contribution in [0, 0.1) is 0 Å². The molecule has 1 nitrogen and oxygen atoms in total. The van der Waals surface area contributed by atoms with Gasteiger partial charge in [-0.1, -0.05) is 24.8 Å². The molecule has 0 bridgehead atoms. The highest BCUT2D eigenvalue weighted by Gasteiger charge is 2.04. The molecule has 0 aromatic rings. The molecule has 1 heterocycles. The van der Waals surface area contributed by atoms with Gasteiger partial charge in [0.15, 0.2) is 0 Å². The maximum absolute atomic E-state index is 3.60. The van der Waals surface area contributed by atoms with Crippen molar-refractivity contribution in [1.82, 2.24) is 4.90 Å². The standard InChI is InChI=1S/C10H15N/c1-2-3-4-5-8-11-9-6-7-10-11/h2-5,8H,1,6-7,9-10H2/b4-3+,8-5+. The van der Waals surface area contributed by atoms with Crippen molar-refractivity contribution >= 4 is 0 Å². The molecule has 0 spiro atoms. The highest BCUT2D eigenvalue weighted by molar-refractivity contribution is 5.08. The van der Waals surface area contributed by atoms with Gasteiger partial charge in [0, 0.05) is 13.1 Å². The molecule has 1 aliphatic rings. The van der Waals surface area contributed by atoms with Crippen LogP contribution in [-0.2, 0) is 0 Å². The van der Waals surface area contributed by atoms with Crippen molar-refractivity contribution in [2.45, 2.75) is 12.8 Å². The molecular weight excluding hydrogens is 134 g/mol. The fourth-order valence-corrected chi connectivity index (χ4v) is 1.20. The first-order chi connectivity index (χ1) is 5.43. The predicted molar refractivity (Wildman–Crippen MR) is 49.3 cm³/mol. The average Bonchev–Trinajstić information content (AvgIpc) is 2.50. The number of rotatable bonds is 3. The van der Waals surface area contributed by atoms with Gasteiger partial charge in [-0.3, -0.25) is 0 Å². The highest BCUT2D eigenvalue weighted by atomic mass is 15.1. The van der Waals surface area contributed by atoms with Crippen LogP contribution < -0.4 is 0 Å². The van der Waals surface area contributed by atoms with Crippen molar-refractivity contribution in [3.63, 3.8) is 0 Å². The summed E-state index contributed by atoms with van der Waals surface area (Å²) in [6.07, 6.45) is 12.6. The first-order valence-corrected chi connectivity index (χ1v) is 4.13. The minimum absolute atomic E-state index is 1.22. The zero-order valence-electron chi connectivity index (χ0n) is 6.87. The van der Waals surface area contributed by atoms with Gasteiger partial charge >= 0.3 is 0 Å². The lowest BCUT2D eigenvalue weighted by atomic mass is 10.4. The number of likely N-dealkylation sites (tertiary alicyclic amines) is 1. The van der Waals surface area contributed by atoms with Crippen molar-refractivity contribution in [2.75, 3.05) is 13.1 Å². The van der Waals surface area contributed by atoms with Gasteiger partial charge in [0.25, 0.3) is 0 Å². The van der Waals surface area contributed by atoms with E-state index in [-0.39, 0.29) is 0 Å². The highest BCUT2D eigenvalue weighted by Crippen LogP contribution is 2.06. The van der Waals surface area contributed by atoms with Crippen LogP contribution in [0.2, 0.25) is 0 Å². The van der Waals surface area contributed by atoms with Crippen LogP contribution >= 0.6 is 0 Å². The molecule has 0 saturated carbocycles. The molecule has 0 aromatic carbocycles. The Morgan fingerprint density at radius 3 is 2.36 bits per heavy atom. The number of nitrogens with zero attached hydrogens (tertiary/aromatic N) is 1. The summed E-state index contributed by atoms with van der Waals surface area (Å²) in [7, 11) is 0. The van der Waals surface area contributed by atoms with E-state index in [1.807, 2.05) is 12.2 Å². The molecule has 1 heteroatoms. The van der Waals surface area contributed by atoms with E-state index >= 15 is 0 Å². The third kappa shape index (κ3) is 3.08. The Kier molecular flexibility index (Phi) is 3.53. The lowest BCUT2D eigenvalue weighted by Gasteiger charge is -2.08. The van der Waals surface area contributed by atoms with Crippen molar-refractivity contribution in [3.05, 3.63) is 37.1 Å². The zero-order valence-corrected chi connectivity index (χ0v) is 6.87. The summed E-state index contributed by atoms with van der Waals surface area (Å²) in [6, 6.07) is 0. The van der Waals surface area contributed by atoms with Crippen molar-refractivity contribution in [2.24, 2.45) is 0 Å². The molecule has 1 rings (SSSR count). The molecule has 60 valence electrons.